The highest BCUT2D eigenvalue weighted by Crippen LogP contribution is 2.23. The molecule has 0 unspecified atom stereocenters. The third kappa shape index (κ3) is 4.62. The van der Waals surface area contributed by atoms with Gasteiger partial charge in [0.05, 0.1) is 0 Å². The lowest BCUT2D eigenvalue weighted by molar-refractivity contribution is -0.148. The molecule has 3 rings (SSSR count). The Morgan fingerprint density at radius 3 is 2.88 bits per heavy atom. The summed E-state index contributed by atoms with van der Waals surface area (Å²) in [5, 5.41) is 4.12. The molecule has 2 N–H and O–H groups in total. The predicted octanol–water partition coefficient (Wildman–Crippen LogP) is 3.34. The second-order valence-corrected chi connectivity index (χ2v) is 6.96. The molecule has 0 saturated heterocycles. The number of amides is 1. The van der Waals surface area contributed by atoms with Gasteiger partial charge in [0, 0.05) is 29.6 Å². The molecule has 1 heterocycles. The zero-order chi connectivity index (χ0) is 17.6. The van der Waals surface area contributed by atoms with E-state index in [1.54, 1.807) is 0 Å². The molecule has 25 heavy (non-hydrogen) atoms. The molecule has 0 bridgehead atoms. The van der Waals surface area contributed by atoms with E-state index < -0.39 is 0 Å². The Hall–Kier alpha value is -2.30. The molecule has 0 radical (unpaired) electrons. The molecular formula is C20H26N2O3. The number of benzene rings is 1. The topological polar surface area (TPSA) is 71.2 Å². The average Bonchev–Trinajstić information content (AvgIpc) is 3.03. The lowest BCUT2D eigenvalue weighted by Gasteiger charge is -2.29. The van der Waals surface area contributed by atoms with Crippen LogP contribution < -0.4 is 5.32 Å². The van der Waals surface area contributed by atoms with Crippen molar-refractivity contribution in [3.63, 3.8) is 0 Å². The van der Waals surface area contributed by atoms with Crippen LogP contribution in [0.25, 0.3) is 10.9 Å². The van der Waals surface area contributed by atoms with Gasteiger partial charge in [0.1, 0.15) is 0 Å². The highest BCUT2D eigenvalue weighted by atomic mass is 16.5. The molecular weight excluding hydrogens is 316 g/mol. The van der Waals surface area contributed by atoms with E-state index in [0.717, 1.165) is 35.7 Å². The van der Waals surface area contributed by atoms with Gasteiger partial charge in [0.2, 0.25) is 0 Å². The van der Waals surface area contributed by atoms with Gasteiger partial charge in [0.25, 0.3) is 5.91 Å². The molecule has 1 aliphatic carbocycles. The first-order valence-corrected chi connectivity index (χ1v) is 9.13. The Labute approximate surface area is 148 Å². The fourth-order valence-electron chi connectivity index (χ4n) is 3.57. The van der Waals surface area contributed by atoms with Crippen LogP contribution in [0.4, 0.5) is 0 Å². The smallest absolute Gasteiger partial charge is 0.306 e. The number of rotatable bonds is 6. The van der Waals surface area contributed by atoms with E-state index in [1.807, 2.05) is 30.5 Å². The quantitative estimate of drug-likeness (QED) is 0.791. The lowest BCUT2D eigenvalue weighted by Crippen LogP contribution is -2.42. The summed E-state index contributed by atoms with van der Waals surface area (Å²) in [6, 6.07) is 8.21. The number of hydrogen-bond donors (Lipinski definition) is 2. The molecule has 0 aliphatic heterocycles. The molecule has 1 aliphatic rings. The van der Waals surface area contributed by atoms with Crippen LogP contribution in [-0.2, 0) is 20.7 Å². The van der Waals surface area contributed by atoms with Crippen LogP contribution in [0.15, 0.2) is 30.5 Å². The molecule has 5 nitrogen and oxygen atoms in total. The molecule has 1 aromatic carbocycles. The van der Waals surface area contributed by atoms with Crippen LogP contribution in [0.5, 0.6) is 0 Å². The number of nitrogens with one attached hydrogen (secondary N) is 2. The Morgan fingerprint density at radius 1 is 1.24 bits per heavy atom. The van der Waals surface area contributed by atoms with Crippen molar-refractivity contribution in [3.05, 3.63) is 36.0 Å². The summed E-state index contributed by atoms with van der Waals surface area (Å²) in [6.07, 6.45) is 7.35. The van der Waals surface area contributed by atoms with Gasteiger partial charge in [-0.1, -0.05) is 38.0 Å². The number of aryl methyl sites for hydroxylation is 1. The number of hydrogen-bond acceptors (Lipinski definition) is 3. The Kier molecular flexibility index (Phi) is 5.74. The first-order chi connectivity index (χ1) is 12.1. The second-order valence-electron chi connectivity index (χ2n) is 6.96. The predicted molar refractivity (Wildman–Crippen MR) is 97.1 cm³/mol. The van der Waals surface area contributed by atoms with Crippen molar-refractivity contribution >= 4 is 22.8 Å². The van der Waals surface area contributed by atoms with Gasteiger partial charge in [0.15, 0.2) is 6.61 Å². The molecule has 134 valence electrons. The zero-order valence-corrected chi connectivity index (χ0v) is 14.7. The summed E-state index contributed by atoms with van der Waals surface area (Å²) in [6.45, 7) is 1.98. The number of esters is 1. The highest BCUT2D eigenvalue weighted by Gasteiger charge is 2.23. The number of fused-ring (bicyclic) bond motifs is 1. The Morgan fingerprint density at radius 2 is 2.04 bits per heavy atom. The van der Waals surface area contributed by atoms with Crippen molar-refractivity contribution in [1.29, 1.82) is 0 Å². The largest absolute Gasteiger partial charge is 0.456 e. The molecule has 1 saturated carbocycles. The number of ether oxygens (including phenoxy) is 1. The van der Waals surface area contributed by atoms with Gasteiger partial charge in [-0.25, -0.2) is 0 Å². The maximum absolute atomic E-state index is 12.0. The summed E-state index contributed by atoms with van der Waals surface area (Å²) in [7, 11) is 0. The minimum atomic E-state index is -0.336. The maximum atomic E-state index is 12.0. The highest BCUT2D eigenvalue weighted by molar-refractivity contribution is 5.84. The SMILES string of the molecule is C[C@@H]1CCCC[C@H]1NC(=O)COC(=O)CCc1c[nH]c2ccccc12. The summed E-state index contributed by atoms with van der Waals surface area (Å²) in [5.41, 5.74) is 2.15. The van der Waals surface area contributed by atoms with E-state index in [9.17, 15) is 9.59 Å². The number of carbonyl (C=O) groups is 2. The van der Waals surface area contributed by atoms with E-state index in [-0.39, 0.29) is 30.9 Å². The monoisotopic (exact) mass is 342 g/mol. The second kappa shape index (κ2) is 8.19. The molecule has 1 aromatic heterocycles. The standard InChI is InChI=1S/C20H26N2O3/c1-14-6-2-4-8-17(14)22-19(23)13-25-20(24)11-10-15-12-21-18-9-5-3-7-16(15)18/h3,5,7,9,12,14,17,21H,2,4,6,8,10-11,13H2,1H3,(H,22,23)/t14-,17-/m1/s1. The number of aromatic amines is 1. The summed E-state index contributed by atoms with van der Waals surface area (Å²) in [4.78, 5) is 27.1. The van der Waals surface area contributed by atoms with E-state index in [2.05, 4.69) is 17.2 Å². The minimum absolute atomic E-state index is 0.185. The van der Waals surface area contributed by atoms with Gasteiger partial charge >= 0.3 is 5.97 Å². The van der Waals surface area contributed by atoms with Gasteiger partial charge in [-0.3, -0.25) is 9.59 Å². The number of carbonyl (C=O) groups excluding carboxylic acids is 2. The van der Waals surface area contributed by atoms with Gasteiger partial charge in [-0.15, -0.1) is 0 Å². The van der Waals surface area contributed by atoms with E-state index in [0.29, 0.717) is 12.3 Å². The summed E-state index contributed by atoms with van der Waals surface area (Å²) >= 11 is 0. The number of aromatic nitrogens is 1. The fraction of sp³-hybridized carbons (Fsp3) is 0.500. The van der Waals surface area contributed by atoms with Crippen molar-refractivity contribution in [2.45, 2.75) is 51.5 Å². The van der Waals surface area contributed by atoms with Gasteiger partial charge < -0.3 is 15.0 Å². The number of H-pyrrole nitrogens is 1. The van der Waals surface area contributed by atoms with Crippen LogP contribution in [-0.4, -0.2) is 29.5 Å². The van der Waals surface area contributed by atoms with Crippen molar-refractivity contribution in [1.82, 2.24) is 10.3 Å². The van der Waals surface area contributed by atoms with Crippen LogP contribution in [0, 0.1) is 5.92 Å². The van der Waals surface area contributed by atoms with Gasteiger partial charge in [-0.2, -0.15) is 0 Å². The Bertz CT molecular complexity index is 737. The van der Waals surface area contributed by atoms with Crippen molar-refractivity contribution in [3.8, 4) is 0 Å². The van der Waals surface area contributed by atoms with E-state index >= 15 is 0 Å². The normalized spacial score (nSPS) is 20.4. The first-order valence-electron chi connectivity index (χ1n) is 9.13. The third-order valence-corrected chi connectivity index (χ3v) is 5.10. The maximum Gasteiger partial charge on any atom is 0.306 e. The first kappa shape index (κ1) is 17.5. The van der Waals surface area contributed by atoms with Crippen LogP contribution in [0.1, 0.15) is 44.6 Å². The van der Waals surface area contributed by atoms with Crippen LogP contribution >= 0.6 is 0 Å². The van der Waals surface area contributed by atoms with Crippen molar-refractivity contribution < 1.29 is 14.3 Å². The molecule has 1 fully saturated rings. The van der Waals surface area contributed by atoms with Crippen LogP contribution in [0.2, 0.25) is 0 Å². The van der Waals surface area contributed by atoms with E-state index in [4.69, 9.17) is 4.74 Å². The molecule has 1 amide bonds. The average molecular weight is 342 g/mol. The molecule has 2 atom stereocenters. The Balaban J connectivity index is 1.41. The van der Waals surface area contributed by atoms with E-state index in [1.165, 1.54) is 6.42 Å². The van der Waals surface area contributed by atoms with Crippen molar-refractivity contribution in [2.75, 3.05) is 6.61 Å². The molecule has 0 spiro atoms. The molecule has 2 aromatic rings. The fourth-order valence-corrected chi connectivity index (χ4v) is 3.57. The lowest BCUT2D eigenvalue weighted by atomic mass is 9.86. The number of para-hydroxylation sites is 1. The van der Waals surface area contributed by atoms with Crippen LogP contribution in [0.3, 0.4) is 0 Å². The zero-order valence-electron chi connectivity index (χ0n) is 14.7. The van der Waals surface area contributed by atoms with Gasteiger partial charge in [-0.05, 0) is 36.8 Å². The summed E-state index contributed by atoms with van der Waals surface area (Å²) in [5.74, 6) is -0.0356. The third-order valence-electron chi connectivity index (χ3n) is 5.10. The minimum Gasteiger partial charge on any atom is -0.456 e. The summed E-state index contributed by atoms with van der Waals surface area (Å²) < 4.78 is 5.13. The van der Waals surface area contributed by atoms with Crippen molar-refractivity contribution in [2.24, 2.45) is 5.92 Å². The molecule has 5 heteroatoms.